The predicted molar refractivity (Wildman–Crippen MR) is 149 cm³/mol. The molecule has 0 radical (unpaired) electrons. The standard InChI is InChI=1S/C30H23ClFN5O4/c1-40-10-9-37-27-13-19(30(38)39)7-8-25(27)35-28(37)14-26-22(31)12-21(16-34-26)24-3-2-4-29(36-24)41-17-20-6-5-18(15-33)11-23(20)32/h2-8,11-13,16H,9-10,14,17H2,1H3,(H,38,39). The number of benzene rings is 2. The van der Waals surface area contributed by atoms with Gasteiger partial charge in [0.15, 0.2) is 0 Å². The van der Waals surface area contributed by atoms with Gasteiger partial charge in [0.1, 0.15) is 18.2 Å². The van der Waals surface area contributed by atoms with Crippen LogP contribution in [0.1, 0.15) is 33.0 Å². The predicted octanol–water partition coefficient (Wildman–Crippen LogP) is 5.67. The van der Waals surface area contributed by atoms with Crippen LogP contribution in [-0.4, -0.2) is 44.3 Å². The average Bonchev–Trinajstić information content (AvgIpc) is 3.32. The quantitative estimate of drug-likeness (QED) is 0.227. The minimum Gasteiger partial charge on any atom is -0.478 e. The SMILES string of the molecule is COCCn1c(Cc2ncc(-c3cccc(OCc4ccc(C#N)cc4F)n3)cc2Cl)nc2ccc(C(=O)O)cc21. The number of hydrogen-bond donors (Lipinski definition) is 1. The lowest BCUT2D eigenvalue weighted by Crippen LogP contribution is -2.10. The molecule has 2 aromatic carbocycles. The van der Waals surface area contributed by atoms with E-state index in [0.29, 0.717) is 69.8 Å². The molecule has 0 fully saturated rings. The van der Waals surface area contributed by atoms with Crippen LogP contribution in [-0.2, 0) is 24.3 Å². The summed E-state index contributed by atoms with van der Waals surface area (Å²) < 4.78 is 27.1. The number of hydrogen-bond acceptors (Lipinski definition) is 7. The summed E-state index contributed by atoms with van der Waals surface area (Å²) in [4.78, 5) is 25.3. The van der Waals surface area contributed by atoms with E-state index in [1.807, 2.05) is 10.6 Å². The smallest absolute Gasteiger partial charge is 0.335 e. The zero-order valence-corrected chi connectivity index (χ0v) is 22.6. The van der Waals surface area contributed by atoms with Gasteiger partial charge in [0.2, 0.25) is 5.88 Å². The molecule has 0 bridgehead atoms. The Morgan fingerprint density at radius 2 is 2.00 bits per heavy atom. The zero-order valence-electron chi connectivity index (χ0n) is 21.8. The van der Waals surface area contributed by atoms with Gasteiger partial charge in [0, 0.05) is 43.5 Å². The number of halogens is 2. The van der Waals surface area contributed by atoms with E-state index in [1.54, 1.807) is 49.7 Å². The maximum absolute atomic E-state index is 14.2. The second-order valence-corrected chi connectivity index (χ2v) is 9.49. The van der Waals surface area contributed by atoms with E-state index in [1.165, 1.54) is 18.2 Å². The van der Waals surface area contributed by atoms with Crippen LogP contribution in [0.25, 0.3) is 22.3 Å². The van der Waals surface area contributed by atoms with E-state index in [-0.39, 0.29) is 17.7 Å². The van der Waals surface area contributed by atoms with E-state index >= 15 is 0 Å². The Balaban J connectivity index is 1.36. The summed E-state index contributed by atoms with van der Waals surface area (Å²) in [5.41, 5.74) is 3.88. The van der Waals surface area contributed by atoms with Crippen molar-refractivity contribution in [1.82, 2.24) is 19.5 Å². The van der Waals surface area contributed by atoms with Crippen LogP contribution in [0, 0.1) is 17.1 Å². The molecule has 0 saturated carbocycles. The van der Waals surface area contributed by atoms with Crippen molar-refractivity contribution in [3.63, 3.8) is 0 Å². The van der Waals surface area contributed by atoms with Gasteiger partial charge < -0.3 is 19.1 Å². The van der Waals surface area contributed by atoms with Crippen LogP contribution in [0.2, 0.25) is 5.02 Å². The highest BCUT2D eigenvalue weighted by molar-refractivity contribution is 6.31. The Kier molecular flexibility index (Phi) is 8.19. The summed E-state index contributed by atoms with van der Waals surface area (Å²) >= 11 is 6.65. The third kappa shape index (κ3) is 6.17. The van der Waals surface area contributed by atoms with E-state index in [9.17, 15) is 14.3 Å². The van der Waals surface area contributed by atoms with Crippen molar-refractivity contribution in [2.24, 2.45) is 0 Å². The summed E-state index contributed by atoms with van der Waals surface area (Å²) in [5, 5.41) is 18.7. The van der Waals surface area contributed by atoms with Gasteiger partial charge in [-0.3, -0.25) is 4.98 Å². The number of nitrogens with zero attached hydrogens (tertiary/aromatic N) is 5. The van der Waals surface area contributed by atoms with Crippen LogP contribution in [0.4, 0.5) is 4.39 Å². The molecule has 0 saturated heterocycles. The Morgan fingerprint density at radius 1 is 1.15 bits per heavy atom. The van der Waals surface area contributed by atoms with E-state index in [2.05, 4.69) is 9.97 Å². The monoisotopic (exact) mass is 571 g/mol. The molecule has 0 aliphatic carbocycles. The van der Waals surface area contributed by atoms with E-state index in [4.69, 9.17) is 31.3 Å². The minimum absolute atomic E-state index is 0.0516. The van der Waals surface area contributed by atoms with Crippen molar-refractivity contribution in [1.29, 1.82) is 5.26 Å². The van der Waals surface area contributed by atoms with Crippen LogP contribution >= 0.6 is 11.6 Å². The zero-order chi connectivity index (χ0) is 28.9. The van der Waals surface area contributed by atoms with Crippen LogP contribution in [0.15, 0.2) is 66.9 Å². The lowest BCUT2D eigenvalue weighted by molar-refractivity contribution is 0.0697. The Bertz CT molecular complexity index is 1800. The van der Waals surface area contributed by atoms with Gasteiger partial charge >= 0.3 is 5.97 Å². The van der Waals surface area contributed by atoms with E-state index in [0.717, 1.165) is 6.07 Å². The molecule has 0 amide bonds. The van der Waals surface area contributed by atoms with Gasteiger partial charge in [0.25, 0.3) is 0 Å². The molecule has 1 N–H and O–H groups in total. The van der Waals surface area contributed by atoms with E-state index < -0.39 is 11.8 Å². The first kappa shape index (κ1) is 27.7. The first-order chi connectivity index (χ1) is 19.9. The first-order valence-corrected chi connectivity index (χ1v) is 12.9. The molecule has 0 aliphatic heterocycles. The number of carbonyl (C=O) groups is 1. The fraction of sp³-hybridized carbons (Fsp3) is 0.167. The van der Waals surface area contributed by atoms with Crippen LogP contribution in [0.3, 0.4) is 0 Å². The van der Waals surface area contributed by atoms with Crippen LogP contribution < -0.4 is 4.74 Å². The highest BCUT2D eigenvalue weighted by Gasteiger charge is 2.16. The molecule has 5 aromatic rings. The van der Waals surface area contributed by atoms with Gasteiger partial charge in [-0.15, -0.1) is 0 Å². The van der Waals surface area contributed by atoms with Crippen molar-refractivity contribution in [2.45, 2.75) is 19.6 Å². The summed E-state index contributed by atoms with van der Waals surface area (Å²) in [6, 6.07) is 17.9. The summed E-state index contributed by atoms with van der Waals surface area (Å²) in [5.74, 6) is -0.577. The van der Waals surface area contributed by atoms with Crippen molar-refractivity contribution in [3.8, 4) is 23.2 Å². The van der Waals surface area contributed by atoms with Crippen molar-refractivity contribution in [2.75, 3.05) is 13.7 Å². The molecule has 9 nitrogen and oxygen atoms in total. The second-order valence-electron chi connectivity index (χ2n) is 9.08. The summed E-state index contributed by atoms with van der Waals surface area (Å²) in [7, 11) is 1.60. The highest BCUT2D eigenvalue weighted by atomic mass is 35.5. The lowest BCUT2D eigenvalue weighted by atomic mass is 10.1. The van der Waals surface area contributed by atoms with Crippen molar-refractivity contribution >= 4 is 28.6 Å². The fourth-order valence-electron chi connectivity index (χ4n) is 4.30. The largest absolute Gasteiger partial charge is 0.478 e. The molecule has 41 heavy (non-hydrogen) atoms. The number of rotatable bonds is 10. The first-order valence-electron chi connectivity index (χ1n) is 12.5. The highest BCUT2D eigenvalue weighted by Crippen LogP contribution is 2.27. The second kappa shape index (κ2) is 12.1. The van der Waals surface area contributed by atoms with Gasteiger partial charge in [0.05, 0.1) is 51.2 Å². The topological polar surface area (TPSA) is 123 Å². The molecular formula is C30H23ClFN5O4. The lowest BCUT2D eigenvalue weighted by Gasteiger charge is -2.11. The normalized spacial score (nSPS) is 11.0. The number of pyridine rings is 2. The van der Waals surface area contributed by atoms with Gasteiger partial charge in [-0.1, -0.05) is 23.7 Å². The molecule has 3 aromatic heterocycles. The number of fused-ring (bicyclic) bond motifs is 1. The third-order valence-electron chi connectivity index (χ3n) is 6.41. The Labute approximate surface area is 239 Å². The summed E-state index contributed by atoms with van der Waals surface area (Å²) in [6.07, 6.45) is 1.96. The number of aromatic nitrogens is 4. The van der Waals surface area contributed by atoms with Gasteiger partial charge in [-0.2, -0.15) is 5.26 Å². The molecule has 0 aliphatic rings. The number of ether oxygens (including phenoxy) is 2. The molecule has 11 heteroatoms. The fourth-order valence-corrected chi connectivity index (χ4v) is 4.53. The molecule has 206 valence electrons. The molecular weight excluding hydrogens is 549 g/mol. The number of aromatic carboxylic acids is 1. The number of carboxylic acids is 1. The number of imidazole rings is 1. The Hall–Kier alpha value is -4.85. The van der Waals surface area contributed by atoms with Gasteiger partial charge in [-0.05, 0) is 42.5 Å². The van der Waals surface area contributed by atoms with Gasteiger partial charge in [-0.25, -0.2) is 19.2 Å². The summed E-state index contributed by atoms with van der Waals surface area (Å²) in [6.45, 7) is 0.839. The molecule has 0 atom stereocenters. The van der Waals surface area contributed by atoms with Crippen molar-refractivity contribution in [3.05, 3.63) is 106 Å². The Morgan fingerprint density at radius 3 is 2.73 bits per heavy atom. The molecule has 3 heterocycles. The van der Waals surface area contributed by atoms with Crippen LogP contribution in [0.5, 0.6) is 5.88 Å². The molecule has 5 rings (SSSR count). The van der Waals surface area contributed by atoms with Crippen molar-refractivity contribution < 1.29 is 23.8 Å². The maximum Gasteiger partial charge on any atom is 0.335 e. The number of carboxylic acid groups (broad SMARTS) is 1. The maximum atomic E-state index is 14.2. The number of methoxy groups -OCH3 is 1. The molecule has 0 spiro atoms. The molecule has 0 unspecified atom stereocenters. The third-order valence-corrected chi connectivity index (χ3v) is 6.74. The minimum atomic E-state index is -1.02. The average molecular weight is 572 g/mol. The number of nitriles is 1.